The van der Waals surface area contributed by atoms with Gasteiger partial charge < -0.3 is 30.6 Å². The fourth-order valence-electron chi connectivity index (χ4n) is 3.99. The van der Waals surface area contributed by atoms with E-state index in [1.807, 2.05) is 54.6 Å². The molecule has 0 aromatic heterocycles. The molecule has 3 rings (SSSR count). The molecule has 2 atom stereocenters. The highest BCUT2D eigenvalue weighted by molar-refractivity contribution is 6.07. The smallest absolute Gasteiger partial charge is 0.407 e. The predicted octanol–water partition coefficient (Wildman–Crippen LogP) is 4.01. The number of esters is 1. The molecule has 4 N–H and O–H groups in total. The Morgan fingerprint density at radius 1 is 1.03 bits per heavy atom. The molecule has 9 nitrogen and oxygen atoms in total. The number of methoxy groups -OCH3 is 1. The standard InChI is InChI=1S/C29H39N3O6/c1-28(2,3)38-26(34)29(30,17-8-18-31-27(35)37-19-20-9-6-5-7-10-20)25(33)32-24(21-11-12-21)22-13-15-23(36-4)16-14-22/h5-7,9-10,13-16,21,24H,8,11-12,17-19,30H2,1-4H3,(H,31,35)(H,32,33)/t24-,29+/m0/s1. The molecule has 1 aliphatic rings. The quantitative estimate of drug-likeness (QED) is 0.217. The predicted molar refractivity (Wildman–Crippen MR) is 143 cm³/mol. The van der Waals surface area contributed by atoms with Crippen molar-refractivity contribution in [3.8, 4) is 5.75 Å². The van der Waals surface area contributed by atoms with Crippen LogP contribution in [0.25, 0.3) is 0 Å². The summed E-state index contributed by atoms with van der Waals surface area (Å²) in [5.41, 5.74) is 5.51. The van der Waals surface area contributed by atoms with Crippen molar-refractivity contribution in [1.82, 2.24) is 10.6 Å². The second kappa shape index (κ2) is 12.8. The van der Waals surface area contributed by atoms with Crippen LogP contribution in [0.3, 0.4) is 0 Å². The van der Waals surface area contributed by atoms with Crippen LogP contribution >= 0.6 is 0 Å². The van der Waals surface area contributed by atoms with E-state index in [4.69, 9.17) is 19.9 Å². The minimum atomic E-state index is -1.93. The van der Waals surface area contributed by atoms with Crippen LogP contribution in [0.4, 0.5) is 4.79 Å². The number of nitrogens with two attached hydrogens (primary N) is 1. The number of hydrogen-bond donors (Lipinski definition) is 3. The highest BCUT2D eigenvalue weighted by Crippen LogP contribution is 2.41. The number of hydrogen-bond acceptors (Lipinski definition) is 7. The molecule has 1 saturated carbocycles. The maximum absolute atomic E-state index is 13.5. The Morgan fingerprint density at radius 2 is 1.68 bits per heavy atom. The average Bonchev–Trinajstić information content (AvgIpc) is 3.73. The molecule has 0 aliphatic heterocycles. The lowest BCUT2D eigenvalue weighted by Crippen LogP contribution is -2.62. The van der Waals surface area contributed by atoms with Gasteiger partial charge in [-0.1, -0.05) is 42.5 Å². The Bertz CT molecular complexity index is 1080. The van der Waals surface area contributed by atoms with Crippen LogP contribution in [-0.2, 0) is 25.7 Å². The van der Waals surface area contributed by atoms with Gasteiger partial charge in [-0.15, -0.1) is 0 Å². The van der Waals surface area contributed by atoms with E-state index in [0.717, 1.165) is 24.0 Å². The van der Waals surface area contributed by atoms with Crippen LogP contribution in [0, 0.1) is 5.92 Å². The number of amides is 2. The van der Waals surface area contributed by atoms with Gasteiger partial charge in [0, 0.05) is 6.54 Å². The van der Waals surface area contributed by atoms with Crippen molar-refractivity contribution >= 4 is 18.0 Å². The first-order valence-corrected chi connectivity index (χ1v) is 12.9. The zero-order valence-electron chi connectivity index (χ0n) is 22.6. The fourth-order valence-corrected chi connectivity index (χ4v) is 3.99. The Balaban J connectivity index is 1.63. The Labute approximate surface area is 224 Å². The Morgan fingerprint density at radius 3 is 2.26 bits per heavy atom. The van der Waals surface area contributed by atoms with E-state index in [1.165, 1.54) is 0 Å². The summed E-state index contributed by atoms with van der Waals surface area (Å²) in [5.74, 6) is -0.438. The summed E-state index contributed by atoms with van der Waals surface area (Å²) in [4.78, 5) is 38.8. The van der Waals surface area contributed by atoms with Gasteiger partial charge in [0.05, 0.1) is 13.2 Å². The lowest BCUT2D eigenvalue weighted by atomic mass is 9.91. The molecular weight excluding hydrogens is 486 g/mol. The third-order valence-corrected chi connectivity index (χ3v) is 6.25. The molecule has 9 heteroatoms. The summed E-state index contributed by atoms with van der Waals surface area (Å²) in [6.07, 6.45) is 1.59. The number of carbonyl (C=O) groups is 3. The van der Waals surface area contributed by atoms with Crippen LogP contribution in [0.5, 0.6) is 5.75 Å². The molecule has 2 amide bonds. The second-order valence-electron chi connectivity index (χ2n) is 10.6. The van der Waals surface area contributed by atoms with Crippen LogP contribution in [0.2, 0.25) is 0 Å². The van der Waals surface area contributed by atoms with Crippen molar-refractivity contribution in [2.45, 2.75) is 70.2 Å². The first-order chi connectivity index (χ1) is 18.0. The topological polar surface area (TPSA) is 129 Å². The van der Waals surface area contributed by atoms with E-state index in [2.05, 4.69) is 10.6 Å². The lowest BCUT2D eigenvalue weighted by molar-refractivity contribution is -0.165. The van der Waals surface area contributed by atoms with E-state index in [-0.39, 0.29) is 38.0 Å². The van der Waals surface area contributed by atoms with E-state index >= 15 is 0 Å². The van der Waals surface area contributed by atoms with Crippen LogP contribution < -0.4 is 21.1 Å². The maximum atomic E-state index is 13.5. The fraction of sp³-hybridized carbons (Fsp3) is 0.483. The lowest BCUT2D eigenvalue weighted by Gasteiger charge is -2.32. The third kappa shape index (κ3) is 8.48. The molecule has 38 heavy (non-hydrogen) atoms. The van der Waals surface area contributed by atoms with Crippen molar-refractivity contribution in [2.75, 3.05) is 13.7 Å². The normalized spacial score (nSPS) is 15.5. The summed E-state index contributed by atoms with van der Waals surface area (Å²) < 4.78 is 16.0. The highest BCUT2D eigenvalue weighted by atomic mass is 16.6. The molecule has 0 unspecified atom stereocenters. The summed E-state index contributed by atoms with van der Waals surface area (Å²) in [7, 11) is 1.59. The summed E-state index contributed by atoms with van der Waals surface area (Å²) in [6.45, 7) is 5.47. The first-order valence-electron chi connectivity index (χ1n) is 12.9. The number of carbonyl (C=O) groups excluding carboxylic acids is 3. The Kier molecular flexibility index (Phi) is 9.74. The SMILES string of the molecule is COc1ccc([C@@H](NC(=O)[C@](N)(CCCNC(=O)OCc2ccccc2)C(=O)OC(C)(C)C)C2CC2)cc1. The van der Waals surface area contributed by atoms with E-state index < -0.39 is 29.1 Å². The number of rotatable bonds is 12. The van der Waals surface area contributed by atoms with Crippen LogP contribution in [0.1, 0.15) is 63.6 Å². The number of benzene rings is 2. The maximum Gasteiger partial charge on any atom is 0.407 e. The molecule has 0 bridgehead atoms. The number of nitrogens with one attached hydrogen (secondary N) is 2. The van der Waals surface area contributed by atoms with Crippen molar-refractivity contribution in [3.05, 3.63) is 65.7 Å². The van der Waals surface area contributed by atoms with E-state index in [1.54, 1.807) is 27.9 Å². The molecule has 2 aromatic rings. The molecule has 0 radical (unpaired) electrons. The van der Waals surface area contributed by atoms with Gasteiger partial charge in [-0.3, -0.25) is 4.79 Å². The molecule has 1 aliphatic carbocycles. The molecule has 0 heterocycles. The van der Waals surface area contributed by atoms with Crippen molar-refractivity contribution in [3.63, 3.8) is 0 Å². The van der Waals surface area contributed by atoms with Gasteiger partial charge in [-0.2, -0.15) is 0 Å². The van der Waals surface area contributed by atoms with Gasteiger partial charge in [0.1, 0.15) is 18.0 Å². The molecule has 1 fully saturated rings. The second-order valence-corrected chi connectivity index (χ2v) is 10.6. The van der Waals surface area contributed by atoms with Crippen molar-refractivity contribution < 1.29 is 28.6 Å². The zero-order valence-corrected chi connectivity index (χ0v) is 22.6. The van der Waals surface area contributed by atoms with Gasteiger partial charge in [-0.05, 0) is 75.6 Å². The number of alkyl carbamates (subject to hydrolysis) is 1. The van der Waals surface area contributed by atoms with Crippen LogP contribution in [-0.4, -0.2) is 42.8 Å². The summed E-state index contributed by atoms with van der Waals surface area (Å²) in [5, 5.41) is 5.66. The summed E-state index contributed by atoms with van der Waals surface area (Å²) >= 11 is 0. The molecule has 2 aromatic carbocycles. The average molecular weight is 526 g/mol. The van der Waals surface area contributed by atoms with Gasteiger partial charge in [0.25, 0.3) is 5.91 Å². The van der Waals surface area contributed by atoms with Gasteiger partial charge >= 0.3 is 12.1 Å². The minimum Gasteiger partial charge on any atom is -0.497 e. The largest absolute Gasteiger partial charge is 0.497 e. The van der Waals surface area contributed by atoms with Gasteiger partial charge in [0.15, 0.2) is 5.54 Å². The molecule has 0 spiro atoms. The number of ether oxygens (including phenoxy) is 3. The minimum absolute atomic E-state index is 0.0211. The molecule has 0 saturated heterocycles. The first kappa shape index (κ1) is 29.0. The Hall–Kier alpha value is -3.59. The highest BCUT2D eigenvalue weighted by Gasteiger charge is 2.46. The molecule has 206 valence electrons. The van der Waals surface area contributed by atoms with Gasteiger partial charge in [0.2, 0.25) is 0 Å². The van der Waals surface area contributed by atoms with Gasteiger partial charge in [-0.25, -0.2) is 9.59 Å². The van der Waals surface area contributed by atoms with E-state index in [9.17, 15) is 14.4 Å². The summed E-state index contributed by atoms with van der Waals surface area (Å²) in [6, 6.07) is 16.5. The third-order valence-electron chi connectivity index (χ3n) is 6.25. The van der Waals surface area contributed by atoms with E-state index in [0.29, 0.717) is 5.75 Å². The molecular formula is C29H39N3O6. The monoisotopic (exact) mass is 525 g/mol. The van der Waals surface area contributed by atoms with Crippen LogP contribution in [0.15, 0.2) is 54.6 Å². The van der Waals surface area contributed by atoms with Crippen molar-refractivity contribution in [2.24, 2.45) is 11.7 Å². The zero-order chi connectivity index (χ0) is 27.8. The van der Waals surface area contributed by atoms with Crippen molar-refractivity contribution in [1.29, 1.82) is 0 Å².